The van der Waals surface area contributed by atoms with E-state index in [1.54, 1.807) is 6.07 Å². The van der Waals surface area contributed by atoms with Crippen molar-refractivity contribution in [1.82, 2.24) is 10.2 Å². The van der Waals surface area contributed by atoms with Gasteiger partial charge >= 0.3 is 0 Å². The first-order chi connectivity index (χ1) is 9.61. The number of carbonyl (C=O) groups is 4. The normalized spacial score (nSPS) is 13.6. The van der Waals surface area contributed by atoms with Crippen molar-refractivity contribution >= 4 is 69.5 Å². The molecule has 8 heteroatoms. The summed E-state index contributed by atoms with van der Waals surface area (Å²) < 4.78 is 0. The van der Waals surface area contributed by atoms with Gasteiger partial charge in [0.2, 0.25) is 11.8 Å². The van der Waals surface area contributed by atoms with Gasteiger partial charge in [0.25, 0.3) is 0 Å². The summed E-state index contributed by atoms with van der Waals surface area (Å²) in [6, 6.07) is 6.39. The van der Waals surface area contributed by atoms with Crippen LogP contribution >= 0.6 is 0 Å². The summed E-state index contributed by atoms with van der Waals surface area (Å²) in [6.07, 6.45) is 0.851. The van der Waals surface area contributed by atoms with Gasteiger partial charge in [0, 0.05) is 91.7 Å². The van der Waals surface area contributed by atoms with Crippen molar-refractivity contribution in [3.05, 3.63) is 35.4 Å². The van der Waals surface area contributed by atoms with E-state index in [-0.39, 0.29) is 102 Å². The summed E-state index contributed by atoms with van der Waals surface area (Å²) in [5.41, 5.74) is 0.398. The average molecular weight is 450 g/mol. The largest absolute Gasteiger partial charge is 0.357 e. The third kappa shape index (κ3) is 4.33. The number of aldehydes is 1. The van der Waals surface area contributed by atoms with Gasteiger partial charge in [-0.05, 0) is 12.0 Å². The van der Waals surface area contributed by atoms with Crippen molar-refractivity contribution in [3.63, 3.8) is 0 Å². The van der Waals surface area contributed by atoms with Crippen LogP contribution in [0.3, 0.4) is 0 Å². The molecule has 0 aliphatic carbocycles. The van der Waals surface area contributed by atoms with Gasteiger partial charge in [0.05, 0.1) is 0 Å². The zero-order valence-corrected chi connectivity index (χ0v) is 18.5. The number of nitrogens with one attached hydrogen (secondary N) is 1. The van der Waals surface area contributed by atoms with Crippen molar-refractivity contribution in [2.45, 2.75) is 18.9 Å². The maximum absolute atomic E-state index is 12.2. The van der Waals surface area contributed by atoms with Crippen molar-refractivity contribution in [3.8, 4) is 0 Å². The molecule has 1 aromatic carbocycles. The minimum atomic E-state index is -0.981. The summed E-state index contributed by atoms with van der Waals surface area (Å²) in [5.74, 6) is -1.55. The summed E-state index contributed by atoms with van der Waals surface area (Å²) in [6.45, 7) is 0. The van der Waals surface area contributed by atoms with Crippen molar-refractivity contribution < 1.29 is 51.9 Å². The van der Waals surface area contributed by atoms with Crippen LogP contribution in [-0.4, -0.2) is 87.5 Å². The topological polar surface area (TPSA) is 83.6 Å². The Labute approximate surface area is 190 Å². The van der Waals surface area contributed by atoms with E-state index in [4.69, 9.17) is 0 Å². The van der Waals surface area contributed by atoms with E-state index in [0.29, 0.717) is 6.29 Å². The molecule has 0 saturated heterocycles. The van der Waals surface area contributed by atoms with Crippen LogP contribution in [0.15, 0.2) is 18.2 Å². The molecule has 22 heavy (non-hydrogen) atoms. The van der Waals surface area contributed by atoms with Crippen LogP contribution in [0, 0.1) is 6.07 Å². The van der Waals surface area contributed by atoms with Gasteiger partial charge in [-0.3, -0.25) is 9.59 Å². The summed E-state index contributed by atoms with van der Waals surface area (Å²) in [4.78, 5) is 47.7. The van der Waals surface area contributed by atoms with Crippen LogP contribution in [0.4, 0.5) is 0 Å². The molecule has 3 amide bonds. The van der Waals surface area contributed by atoms with E-state index in [1.807, 2.05) is 0 Å². The number of hydrogen-bond acceptors (Lipinski definition) is 4. The molecule has 1 heterocycles. The Balaban J connectivity index is 0.00000220. The smallest absolute Gasteiger partial charge is 0.242 e. The first-order valence-electron chi connectivity index (χ1n) is 6.15. The van der Waals surface area contributed by atoms with Gasteiger partial charge in [0.15, 0.2) is 5.91 Å². The molecule has 1 atom stereocenters. The van der Waals surface area contributed by atoms with Gasteiger partial charge in [0.1, 0.15) is 12.3 Å². The summed E-state index contributed by atoms with van der Waals surface area (Å²) in [5, 5.41) is 2.41. The van der Waals surface area contributed by atoms with E-state index in [0.717, 1.165) is 4.90 Å². The van der Waals surface area contributed by atoms with Crippen LogP contribution in [0.2, 0.25) is 0 Å². The quantitative estimate of drug-likeness (QED) is 0.292. The van der Waals surface area contributed by atoms with Gasteiger partial charge < -0.3 is 19.8 Å². The van der Waals surface area contributed by atoms with Crippen molar-refractivity contribution in [2.75, 3.05) is 7.05 Å². The molecule has 0 spiro atoms. The number of amides is 3. The number of fused-ring (bicyclic) bond motifs is 1. The summed E-state index contributed by atoms with van der Waals surface area (Å²) >= 11 is 0. The number of rotatable bonds is 5. The average Bonchev–Trinajstić information content (AvgIpc) is 2.73. The molecule has 2 rings (SSSR count). The van der Waals surface area contributed by atoms with Crippen molar-refractivity contribution in [2.24, 2.45) is 0 Å². The predicted molar refractivity (Wildman–Crippen MR) is 74.7 cm³/mol. The number of hydrogen-bond donors (Lipinski definition) is 1. The Morgan fingerprint density at radius 2 is 2.09 bits per heavy atom. The fraction of sp³-hybridized carbons (Fsp3) is 0.286. The predicted octanol–water partition coefficient (Wildman–Crippen LogP) is -0.207. The molecule has 1 N–H and O–H groups in total. The molecule has 1 aromatic rings. The van der Waals surface area contributed by atoms with Crippen molar-refractivity contribution in [1.29, 1.82) is 0 Å². The molecular formula is C14H13N2O4SrY-. The third-order valence-electron chi connectivity index (χ3n) is 3.16. The SMILES string of the molecule is CNC(=O)C(CCC=O)N1C(=O)c2[c-]cccc2C1=O.[Sr].[Y]. The Morgan fingerprint density at radius 3 is 2.64 bits per heavy atom. The van der Waals surface area contributed by atoms with Gasteiger partial charge in [-0.25, -0.2) is 0 Å². The first-order valence-corrected chi connectivity index (χ1v) is 6.15. The molecule has 0 bridgehead atoms. The van der Waals surface area contributed by atoms with Gasteiger partial charge in [-0.2, -0.15) is 0 Å². The fourth-order valence-corrected chi connectivity index (χ4v) is 2.19. The van der Waals surface area contributed by atoms with E-state index >= 15 is 0 Å². The van der Waals surface area contributed by atoms with E-state index in [1.165, 1.54) is 19.2 Å². The van der Waals surface area contributed by atoms with Crippen LogP contribution in [0.1, 0.15) is 33.6 Å². The fourth-order valence-electron chi connectivity index (χ4n) is 2.19. The molecule has 109 valence electrons. The second-order valence-corrected chi connectivity index (χ2v) is 4.31. The zero-order chi connectivity index (χ0) is 14.7. The van der Waals surface area contributed by atoms with E-state index in [9.17, 15) is 19.2 Å². The maximum atomic E-state index is 12.2. The molecule has 6 nitrogen and oxygen atoms in total. The van der Waals surface area contributed by atoms with Gasteiger partial charge in [-0.1, -0.05) is 5.56 Å². The molecule has 0 saturated carbocycles. The molecular weight excluding hydrogens is 437 g/mol. The zero-order valence-electron chi connectivity index (χ0n) is 12.2. The first kappa shape index (κ1) is 22.1. The second kappa shape index (κ2) is 10.1. The monoisotopic (exact) mass is 450 g/mol. The minimum absolute atomic E-state index is 0. The number of carbonyl (C=O) groups excluding carboxylic acids is 4. The van der Waals surface area contributed by atoms with E-state index in [2.05, 4.69) is 11.4 Å². The van der Waals surface area contributed by atoms with E-state index < -0.39 is 23.8 Å². The van der Waals surface area contributed by atoms with Crippen LogP contribution in [0.5, 0.6) is 0 Å². The molecule has 3 radical (unpaired) electrons. The van der Waals surface area contributed by atoms with Crippen LogP contribution in [-0.2, 0) is 42.3 Å². The molecule has 1 aliphatic rings. The molecule has 0 aromatic heterocycles. The molecule has 1 aliphatic heterocycles. The Hall–Kier alpha value is 0.0844. The van der Waals surface area contributed by atoms with Gasteiger partial charge in [-0.15, -0.1) is 24.3 Å². The Morgan fingerprint density at radius 1 is 1.41 bits per heavy atom. The second-order valence-electron chi connectivity index (χ2n) is 4.31. The minimum Gasteiger partial charge on any atom is -0.357 e. The number of benzene rings is 1. The Kier molecular flexibility index (Phi) is 10.1. The van der Waals surface area contributed by atoms with Crippen LogP contribution < -0.4 is 5.32 Å². The molecule has 0 fully saturated rings. The molecule has 1 unspecified atom stereocenters. The standard InChI is InChI=1S/C14H13N2O4.Sr.Y/c1-15-12(18)11(7-4-8-17)16-13(19)9-5-2-3-6-10(9)14(16)20;;/h2-3,5,8,11H,4,7H2,1H3,(H,15,18);;/q-1;;. The van der Waals surface area contributed by atoms with Crippen LogP contribution in [0.25, 0.3) is 0 Å². The number of likely N-dealkylation sites (N-methyl/N-ethyl adjacent to an activating group) is 1. The third-order valence-corrected chi connectivity index (χ3v) is 3.16. The summed E-state index contributed by atoms with van der Waals surface area (Å²) in [7, 11) is 1.42. The Bertz CT molecular complexity index is 559. The number of imide groups is 1. The number of nitrogens with zero attached hydrogens (tertiary/aromatic N) is 1. The maximum Gasteiger partial charge on any atom is 0.242 e.